The van der Waals surface area contributed by atoms with Crippen molar-refractivity contribution >= 4 is 11.7 Å². The van der Waals surface area contributed by atoms with E-state index in [9.17, 15) is 18.0 Å². The number of carbonyl (C=O) groups is 1. The summed E-state index contributed by atoms with van der Waals surface area (Å²) in [6.07, 6.45) is -1.96. The van der Waals surface area contributed by atoms with E-state index in [1.54, 1.807) is 17.9 Å². The molecule has 0 aliphatic rings. The van der Waals surface area contributed by atoms with Crippen molar-refractivity contribution in [2.24, 2.45) is 14.1 Å². The first-order chi connectivity index (χ1) is 10.2. The first-order valence-corrected chi connectivity index (χ1v) is 6.31. The minimum absolute atomic E-state index is 0.160. The molecule has 0 aliphatic heterocycles. The number of aryl methyl sites for hydroxylation is 2. The Labute approximate surface area is 124 Å². The lowest BCUT2D eigenvalue weighted by Crippen LogP contribution is -2.29. The number of nitrogens with one attached hydrogen (secondary N) is 2. The number of rotatable bonds is 3. The number of hydrogen-bond acceptors (Lipinski definition) is 3. The van der Waals surface area contributed by atoms with Crippen LogP contribution < -0.4 is 10.6 Å². The summed E-state index contributed by atoms with van der Waals surface area (Å²) in [5.74, 6) is 0. The lowest BCUT2D eigenvalue weighted by Gasteiger charge is -2.09. The molecule has 0 aliphatic carbocycles. The summed E-state index contributed by atoms with van der Waals surface area (Å²) in [4.78, 5) is 11.7. The van der Waals surface area contributed by atoms with Gasteiger partial charge in [-0.2, -0.15) is 23.4 Å². The first-order valence-electron chi connectivity index (χ1n) is 6.31. The lowest BCUT2D eigenvalue weighted by molar-refractivity contribution is -0.140. The number of urea groups is 1. The lowest BCUT2D eigenvalue weighted by atomic mass is 10.2. The van der Waals surface area contributed by atoms with Crippen LogP contribution in [0.2, 0.25) is 0 Å². The number of alkyl halides is 3. The van der Waals surface area contributed by atoms with Crippen molar-refractivity contribution < 1.29 is 18.0 Å². The molecule has 0 unspecified atom stereocenters. The van der Waals surface area contributed by atoms with Crippen molar-refractivity contribution in [1.29, 1.82) is 0 Å². The molecule has 2 rings (SSSR count). The molecule has 0 spiro atoms. The van der Waals surface area contributed by atoms with Crippen molar-refractivity contribution in [3.8, 4) is 0 Å². The zero-order valence-electron chi connectivity index (χ0n) is 12.2. The first kappa shape index (κ1) is 15.9. The van der Waals surface area contributed by atoms with E-state index >= 15 is 0 Å². The van der Waals surface area contributed by atoms with Crippen LogP contribution in [-0.2, 0) is 26.8 Å². The summed E-state index contributed by atoms with van der Waals surface area (Å²) < 4.78 is 40.9. The zero-order valence-corrected chi connectivity index (χ0v) is 12.2. The molecule has 2 amide bonds. The van der Waals surface area contributed by atoms with E-state index in [4.69, 9.17) is 0 Å². The molecule has 0 radical (unpaired) electrons. The van der Waals surface area contributed by atoms with Gasteiger partial charge in [-0.05, 0) is 6.92 Å². The van der Waals surface area contributed by atoms with Gasteiger partial charge >= 0.3 is 12.2 Å². The topological polar surface area (TPSA) is 76.8 Å². The van der Waals surface area contributed by atoms with Gasteiger partial charge in [-0.1, -0.05) is 0 Å². The predicted molar refractivity (Wildman–Crippen MR) is 72.0 cm³/mol. The maximum Gasteiger partial charge on any atom is 0.437 e. The number of anilines is 1. The van der Waals surface area contributed by atoms with E-state index in [2.05, 4.69) is 20.8 Å². The molecule has 22 heavy (non-hydrogen) atoms. The monoisotopic (exact) mass is 316 g/mol. The van der Waals surface area contributed by atoms with Crippen molar-refractivity contribution in [3.05, 3.63) is 29.3 Å². The minimum Gasteiger partial charge on any atom is -0.334 e. The Morgan fingerprint density at radius 3 is 2.59 bits per heavy atom. The van der Waals surface area contributed by atoms with Gasteiger partial charge in [0.25, 0.3) is 0 Å². The van der Waals surface area contributed by atoms with E-state index in [0.29, 0.717) is 0 Å². The Morgan fingerprint density at radius 1 is 1.36 bits per heavy atom. The van der Waals surface area contributed by atoms with Crippen LogP contribution in [0.15, 0.2) is 12.4 Å². The van der Waals surface area contributed by atoms with Gasteiger partial charge in [-0.15, -0.1) is 0 Å². The number of halogens is 3. The third-order valence-electron chi connectivity index (χ3n) is 3.12. The van der Waals surface area contributed by atoms with Gasteiger partial charge in [0.15, 0.2) is 5.69 Å². The summed E-state index contributed by atoms with van der Waals surface area (Å²) in [7, 11) is 3.10. The number of aromatic nitrogens is 4. The molecule has 2 aromatic heterocycles. The standard InChI is InChI=1S/C12H15F3N6O/c1-7-8(5-17-21(7)3)4-16-11(22)18-9-6-20(2)19-10(9)12(13,14)15/h5-6H,4H2,1-3H3,(H2,16,18,22). The van der Waals surface area contributed by atoms with Crippen LogP contribution in [0.25, 0.3) is 0 Å². The molecular formula is C12H15F3N6O. The van der Waals surface area contributed by atoms with E-state index in [1.807, 2.05) is 6.92 Å². The molecule has 10 heteroatoms. The zero-order chi connectivity index (χ0) is 16.5. The van der Waals surface area contributed by atoms with Crippen LogP contribution in [0.3, 0.4) is 0 Å². The fraction of sp³-hybridized carbons (Fsp3) is 0.417. The third-order valence-corrected chi connectivity index (χ3v) is 3.12. The van der Waals surface area contributed by atoms with E-state index in [-0.39, 0.29) is 6.54 Å². The molecule has 0 aromatic carbocycles. The van der Waals surface area contributed by atoms with Crippen LogP contribution >= 0.6 is 0 Å². The fourth-order valence-electron chi connectivity index (χ4n) is 1.85. The molecule has 0 saturated heterocycles. The summed E-state index contributed by atoms with van der Waals surface area (Å²) in [5.41, 5.74) is 0.107. The molecule has 0 atom stereocenters. The molecule has 2 N–H and O–H groups in total. The smallest absolute Gasteiger partial charge is 0.334 e. The second-order valence-corrected chi connectivity index (χ2v) is 4.75. The van der Waals surface area contributed by atoms with Crippen LogP contribution in [0.5, 0.6) is 0 Å². The van der Waals surface area contributed by atoms with Gasteiger partial charge in [0.2, 0.25) is 0 Å². The summed E-state index contributed by atoms with van der Waals surface area (Å²) >= 11 is 0. The Hall–Kier alpha value is -2.52. The van der Waals surface area contributed by atoms with E-state index < -0.39 is 23.6 Å². The van der Waals surface area contributed by atoms with Crippen LogP contribution in [0.1, 0.15) is 17.0 Å². The molecule has 7 nitrogen and oxygen atoms in total. The number of hydrogen-bond donors (Lipinski definition) is 2. The highest BCUT2D eigenvalue weighted by Gasteiger charge is 2.37. The molecule has 120 valence electrons. The highest BCUT2D eigenvalue weighted by molar-refractivity contribution is 5.89. The second kappa shape index (κ2) is 5.70. The number of nitrogens with zero attached hydrogens (tertiary/aromatic N) is 4. The molecular weight excluding hydrogens is 301 g/mol. The molecule has 0 bridgehead atoms. The fourth-order valence-corrected chi connectivity index (χ4v) is 1.85. The van der Waals surface area contributed by atoms with Gasteiger partial charge in [0, 0.05) is 38.1 Å². The van der Waals surface area contributed by atoms with Crippen molar-refractivity contribution in [3.63, 3.8) is 0 Å². The second-order valence-electron chi connectivity index (χ2n) is 4.75. The average Bonchev–Trinajstić information content (AvgIpc) is 2.92. The van der Waals surface area contributed by atoms with Gasteiger partial charge in [0.1, 0.15) is 0 Å². The third kappa shape index (κ3) is 3.38. The van der Waals surface area contributed by atoms with Crippen LogP contribution in [-0.4, -0.2) is 25.6 Å². The largest absolute Gasteiger partial charge is 0.437 e. The highest BCUT2D eigenvalue weighted by Crippen LogP contribution is 2.33. The van der Waals surface area contributed by atoms with Gasteiger partial charge < -0.3 is 10.6 Å². The Bertz CT molecular complexity index is 688. The molecule has 2 aromatic rings. The molecule has 0 fully saturated rings. The van der Waals surface area contributed by atoms with Gasteiger partial charge in [0.05, 0.1) is 11.9 Å². The Morgan fingerprint density at radius 2 is 2.05 bits per heavy atom. The predicted octanol–water partition coefficient (Wildman–Crippen LogP) is 1.80. The molecule has 2 heterocycles. The summed E-state index contributed by atoms with van der Waals surface area (Å²) in [6, 6.07) is -0.748. The van der Waals surface area contributed by atoms with Gasteiger partial charge in [-0.3, -0.25) is 9.36 Å². The maximum atomic E-state index is 12.8. The van der Waals surface area contributed by atoms with Crippen molar-refractivity contribution in [1.82, 2.24) is 24.9 Å². The van der Waals surface area contributed by atoms with Gasteiger partial charge in [-0.25, -0.2) is 4.79 Å². The molecule has 0 saturated carbocycles. The SMILES string of the molecule is Cc1c(CNC(=O)Nc2cn(C)nc2C(F)(F)F)cnn1C. The average molecular weight is 316 g/mol. The van der Waals surface area contributed by atoms with E-state index in [0.717, 1.165) is 22.1 Å². The van der Waals surface area contributed by atoms with Crippen LogP contribution in [0, 0.1) is 6.92 Å². The van der Waals surface area contributed by atoms with Crippen LogP contribution in [0.4, 0.5) is 23.7 Å². The normalized spacial score (nSPS) is 11.5. The maximum absolute atomic E-state index is 12.8. The number of carbonyl (C=O) groups excluding carboxylic acids is 1. The summed E-state index contributed by atoms with van der Waals surface area (Å²) in [6.45, 7) is 1.98. The summed E-state index contributed by atoms with van der Waals surface area (Å²) in [5, 5.41) is 12.0. The van der Waals surface area contributed by atoms with Crippen molar-refractivity contribution in [2.45, 2.75) is 19.6 Å². The quantitative estimate of drug-likeness (QED) is 0.906. The minimum atomic E-state index is -4.64. The van der Waals surface area contributed by atoms with E-state index in [1.165, 1.54) is 7.05 Å². The van der Waals surface area contributed by atoms with Crippen molar-refractivity contribution in [2.75, 3.05) is 5.32 Å². The number of amides is 2. The highest BCUT2D eigenvalue weighted by atomic mass is 19.4. The Balaban J connectivity index is 2.02. The Kier molecular flexibility index (Phi) is 4.11.